The molecule has 0 unspecified atom stereocenters. The van der Waals surface area contributed by atoms with Crippen LogP contribution in [0.25, 0.3) is 10.2 Å². The molecule has 0 saturated carbocycles. The topological polar surface area (TPSA) is 89.3 Å². The van der Waals surface area contributed by atoms with Gasteiger partial charge in [0.2, 0.25) is 0 Å². The van der Waals surface area contributed by atoms with Gasteiger partial charge in [-0.25, -0.2) is 9.78 Å². The zero-order valence-corrected chi connectivity index (χ0v) is 12.3. The third kappa shape index (κ3) is 3.30. The molecule has 0 bridgehead atoms. The van der Waals surface area contributed by atoms with E-state index in [0.717, 1.165) is 17.5 Å². The first-order valence-corrected chi connectivity index (χ1v) is 7.24. The number of nitrogen functional groups attached to an aromatic ring is 1. The lowest BCUT2D eigenvalue weighted by Gasteiger charge is -2.03. The molecule has 0 atom stereocenters. The number of benzene rings is 1. The smallest absolute Gasteiger partial charge is 0.321 e. The minimum Gasteiger partial charge on any atom is -0.494 e. The molecule has 0 spiro atoms. The summed E-state index contributed by atoms with van der Waals surface area (Å²) in [7, 11) is 1.57. The highest BCUT2D eigenvalue weighted by Crippen LogP contribution is 2.34. The molecule has 108 valence electrons. The van der Waals surface area contributed by atoms with Crippen LogP contribution in [0.5, 0.6) is 5.75 Å². The number of carbonyl (C=O) groups is 1. The number of carbonyl (C=O) groups excluding carboxylic acids is 1. The quantitative estimate of drug-likeness (QED) is 0.584. The lowest BCUT2D eigenvalue weighted by molar-refractivity contribution is 0.252. The number of nitrogens with one attached hydrogen (secondary N) is 2. The summed E-state index contributed by atoms with van der Waals surface area (Å²) in [6.45, 7) is 2.73. The van der Waals surface area contributed by atoms with Gasteiger partial charge in [-0.1, -0.05) is 24.7 Å². The lowest BCUT2D eigenvalue weighted by Crippen LogP contribution is -2.29. The van der Waals surface area contributed by atoms with Gasteiger partial charge in [-0.2, -0.15) is 0 Å². The number of hydrogen-bond acceptors (Lipinski definition) is 5. The zero-order valence-electron chi connectivity index (χ0n) is 11.5. The number of fused-ring (bicyclic) bond motifs is 1. The Hall–Kier alpha value is -2.02. The molecule has 0 aliphatic heterocycles. The van der Waals surface area contributed by atoms with Crippen molar-refractivity contribution in [3.63, 3.8) is 0 Å². The van der Waals surface area contributed by atoms with Crippen molar-refractivity contribution in [3.8, 4) is 5.75 Å². The van der Waals surface area contributed by atoms with Gasteiger partial charge >= 0.3 is 6.03 Å². The first-order valence-electron chi connectivity index (χ1n) is 6.43. The predicted molar refractivity (Wildman–Crippen MR) is 82.5 cm³/mol. The maximum absolute atomic E-state index is 11.7. The number of urea groups is 1. The molecule has 1 aromatic heterocycles. The van der Waals surface area contributed by atoms with Gasteiger partial charge in [-0.15, -0.1) is 0 Å². The molecule has 7 heteroatoms. The number of nitrogens with two attached hydrogens (primary N) is 1. The van der Waals surface area contributed by atoms with Crippen LogP contribution < -0.4 is 21.1 Å². The summed E-state index contributed by atoms with van der Waals surface area (Å²) in [6, 6.07) is 3.28. The largest absolute Gasteiger partial charge is 0.494 e. The molecule has 0 aliphatic carbocycles. The zero-order chi connectivity index (χ0) is 14.5. The number of anilines is 2. The van der Waals surface area contributed by atoms with Gasteiger partial charge in [0.1, 0.15) is 11.3 Å². The fourth-order valence-corrected chi connectivity index (χ4v) is 2.68. The van der Waals surface area contributed by atoms with Gasteiger partial charge in [-0.3, -0.25) is 5.32 Å². The van der Waals surface area contributed by atoms with Crippen LogP contribution in [0, 0.1) is 0 Å². The molecule has 2 aromatic rings. The second kappa shape index (κ2) is 6.42. The van der Waals surface area contributed by atoms with Crippen LogP contribution in [0.15, 0.2) is 12.1 Å². The standard InChI is InChI=1S/C13H18N4O2S/c1-3-4-5-15-12(18)17-13-16-11-9(19-2)6-8(14)7-10(11)20-13/h6-7H,3-5,14H2,1-2H3,(H2,15,16,17,18). The molecule has 2 rings (SSSR count). The molecule has 0 saturated heterocycles. The fourth-order valence-electron chi connectivity index (χ4n) is 1.75. The number of amides is 2. The highest BCUT2D eigenvalue weighted by atomic mass is 32.1. The number of hydrogen-bond donors (Lipinski definition) is 3. The summed E-state index contributed by atoms with van der Waals surface area (Å²) in [5.41, 5.74) is 7.10. The summed E-state index contributed by atoms with van der Waals surface area (Å²) in [4.78, 5) is 16.0. The van der Waals surface area contributed by atoms with E-state index in [4.69, 9.17) is 10.5 Å². The second-order valence-electron chi connectivity index (χ2n) is 4.32. The average molecular weight is 294 g/mol. The van der Waals surface area contributed by atoms with Crippen LogP contribution in [-0.4, -0.2) is 24.7 Å². The number of nitrogens with zero attached hydrogens (tertiary/aromatic N) is 1. The van der Waals surface area contributed by atoms with E-state index >= 15 is 0 Å². The van der Waals surface area contributed by atoms with Gasteiger partial charge in [0.25, 0.3) is 0 Å². The molecule has 2 amide bonds. The number of thiazole rings is 1. The summed E-state index contributed by atoms with van der Waals surface area (Å²) in [5, 5.41) is 6.02. The summed E-state index contributed by atoms with van der Waals surface area (Å²) in [5.74, 6) is 0.607. The molecule has 1 aromatic carbocycles. The van der Waals surface area contributed by atoms with Crippen LogP contribution in [-0.2, 0) is 0 Å². The maximum Gasteiger partial charge on any atom is 0.321 e. The van der Waals surface area contributed by atoms with Crippen LogP contribution >= 0.6 is 11.3 Å². The van der Waals surface area contributed by atoms with Crippen LogP contribution in [0.2, 0.25) is 0 Å². The van der Waals surface area contributed by atoms with E-state index in [1.165, 1.54) is 11.3 Å². The summed E-state index contributed by atoms with van der Waals surface area (Å²) >= 11 is 1.37. The molecule has 0 fully saturated rings. The number of ether oxygens (including phenoxy) is 1. The first kappa shape index (κ1) is 14.4. The van der Waals surface area contributed by atoms with E-state index in [1.807, 2.05) is 6.07 Å². The van der Waals surface area contributed by atoms with E-state index in [0.29, 0.717) is 28.6 Å². The SMILES string of the molecule is CCCCNC(=O)Nc1nc2c(OC)cc(N)cc2s1. The van der Waals surface area contributed by atoms with Gasteiger partial charge in [0.15, 0.2) is 5.13 Å². The number of unbranched alkanes of at least 4 members (excludes halogenated alkanes) is 1. The van der Waals surface area contributed by atoms with Gasteiger partial charge in [-0.05, 0) is 12.5 Å². The van der Waals surface area contributed by atoms with Crippen LogP contribution in [0.4, 0.5) is 15.6 Å². The molecule has 0 aliphatic rings. The Balaban J connectivity index is 2.13. The predicted octanol–water partition coefficient (Wildman–Crippen LogP) is 2.81. The number of aromatic nitrogens is 1. The Kier molecular flexibility index (Phi) is 4.62. The third-order valence-electron chi connectivity index (χ3n) is 2.74. The van der Waals surface area contributed by atoms with Gasteiger partial charge < -0.3 is 15.8 Å². The Bertz CT molecular complexity index is 612. The van der Waals surface area contributed by atoms with E-state index < -0.39 is 0 Å². The summed E-state index contributed by atoms with van der Waals surface area (Å²) in [6.07, 6.45) is 2.00. The van der Waals surface area contributed by atoms with Crippen molar-refractivity contribution in [2.24, 2.45) is 0 Å². The van der Waals surface area contributed by atoms with Crippen molar-refractivity contribution in [2.75, 3.05) is 24.7 Å². The fraction of sp³-hybridized carbons (Fsp3) is 0.385. The Morgan fingerprint density at radius 3 is 3.00 bits per heavy atom. The van der Waals surface area contributed by atoms with Crippen molar-refractivity contribution < 1.29 is 9.53 Å². The normalized spacial score (nSPS) is 10.5. The Morgan fingerprint density at radius 1 is 1.50 bits per heavy atom. The Labute approximate surface area is 121 Å². The molecular formula is C13H18N4O2S. The third-order valence-corrected chi connectivity index (χ3v) is 3.66. The molecule has 0 radical (unpaired) electrons. The molecule has 6 nitrogen and oxygen atoms in total. The minimum atomic E-state index is -0.246. The van der Waals surface area contributed by atoms with E-state index in [1.54, 1.807) is 13.2 Å². The summed E-state index contributed by atoms with van der Waals surface area (Å²) < 4.78 is 6.12. The van der Waals surface area contributed by atoms with E-state index in [2.05, 4.69) is 22.5 Å². The van der Waals surface area contributed by atoms with Gasteiger partial charge in [0.05, 0.1) is 11.8 Å². The maximum atomic E-state index is 11.7. The van der Waals surface area contributed by atoms with Gasteiger partial charge in [0, 0.05) is 18.3 Å². The Morgan fingerprint density at radius 2 is 2.30 bits per heavy atom. The second-order valence-corrected chi connectivity index (χ2v) is 5.35. The van der Waals surface area contributed by atoms with Crippen molar-refractivity contribution in [1.29, 1.82) is 0 Å². The number of methoxy groups -OCH3 is 1. The van der Waals surface area contributed by atoms with E-state index in [-0.39, 0.29) is 6.03 Å². The highest BCUT2D eigenvalue weighted by molar-refractivity contribution is 7.22. The van der Waals surface area contributed by atoms with Crippen LogP contribution in [0.3, 0.4) is 0 Å². The van der Waals surface area contributed by atoms with Crippen molar-refractivity contribution >= 4 is 38.4 Å². The first-order chi connectivity index (χ1) is 9.63. The average Bonchev–Trinajstić information content (AvgIpc) is 2.80. The highest BCUT2D eigenvalue weighted by Gasteiger charge is 2.11. The number of rotatable bonds is 5. The molecule has 1 heterocycles. The van der Waals surface area contributed by atoms with Crippen molar-refractivity contribution in [3.05, 3.63) is 12.1 Å². The molecular weight excluding hydrogens is 276 g/mol. The molecule has 4 N–H and O–H groups in total. The van der Waals surface area contributed by atoms with Crippen LogP contribution in [0.1, 0.15) is 19.8 Å². The lowest BCUT2D eigenvalue weighted by atomic mass is 10.3. The minimum absolute atomic E-state index is 0.246. The monoisotopic (exact) mass is 294 g/mol. The van der Waals surface area contributed by atoms with Crippen molar-refractivity contribution in [1.82, 2.24) is 10.3 Å². The van der Waals surface area contributed by atoms with E-state index in [9.17, 15) is 4.79 Å². The van der Waals surface area contributed by atoms with Crippen molar-refractivity contribution in [2.45, 2.75) is 19.8 Å². The molecule has 20 heavy (non-hydrogen) atoms.